The van der Waals surface area contributed by atoms with Gasteiger partial charge in [-0.2, -0.15) is 0 Å². The Hall–Kier alpha value is -3.00. The highest BCUT2D eigenvalue weighted by atomic mass is 19.1. The lowest BCUT2D eigenvalue weighted by molar-refractivity contribution is 0.116. The average molecular weight is 399 g/mol. The van der Waals surface area contributed by atoms with E-state index >= 15 is 0 Å². The number of aromatic nitrogens is 1. The molecule has 29 heavy (non-hydrogen) atoms. The molecule has 0 saturated carbocycles. The van der Waals surface area contributed by atoms with Gasteiger partial charge in [-0.05, 0) is 38.9 Å². The Bertz CT molecular complexity index is 883. The van der Waals surface area contributed by atoms with Crippen LogP contribution in [0.2, 0.25) is 0 Å². The Labute approximate surface area is 169 Å². The van der Waals surface area contributed by atoms with E-state index < -0.39 is 12.2 Å². The summed E-state index contributed by atoms with van der Waals surface area (Å²) < 4.78 is 15.6. The number of hydrogen-bond donors (Lipinski definition) is 4. The highest BCUT2D eigenvalue weighted by molar-refractivity contribution is 6.15. The molecule has 0 spiro atoms. The fourth-order valence-corrected chi connectivity index (χ4v) is 3.52. The number of cyclic esters (lactones) is 1. The quantitative estimate of drug-likeness (QED) is 0.585. The molecule has 0 aliphatic carbocycles. The van der Waals surface area contributed by atoms with Crippen LogP contribution in [0, 0.1) is 5.41 Å². The lowest BCUT2D eigenvalue weighted by Gasteiger charge is -2.25. The van der Waals surface area contributed by atoms with Crippen molar-refractivity contribution in [1.29, 1.82) is 5.41 Å². The van der Waals surface area contributed by atoms with Crippen LogP contribution in [0.15, 0.2) is 36.5 Å². The maximum absolute atomic E-state index is 11.6. The molecule has 1 aromatic carbocycles. The Morgan fingerprint density at radius 3 is 2.83 bits per heavy atom. The van der Waals surface area contributed by atoms with Gasteiger partial charge < -0.3 is 15.4 Å². The second-order valence-corrected chi connectivity index (χ2v) is 6.82. The molecule has 2 aliphatic heterocycles. The number of fused-ring (bicyclic) bond motifs is 1. The van der Waals surface area contributed by atoms with Gasteiger partial charge in [0.15, 0.2) is 0 Å². The predicted octanol–water partition coefficient (Wildman–Crippen LogP) is 3.87. The summed E-state index contributed by atoms with van der Waals surface area (Å²) in [6.45, 7) is 4.93. The first-order valence-corrected chi connectivity index (χ1v) is 9.73. The first-order valence-electron chi connectivity index (χ1n) is 9.73. The molecule has 3 heterocycles. The van der Waals surface area contributed by atoms with Crippen molar-refractivity contribution in [3.8, 4) is 0 Å². The van der Waals surface area contributed by atoms with Crippen LogP contribution in [0.4, 0.5) is 20.7 Å². The molecule has 2 unspecified atom stereocenters. The van der Waals surface area contributed by atoms with Gasteiger partial charge in [0.05, 0.1) is 12.4 Å². The van der Waals surface area contributed by atoms with Gasteiger partial charge in [-0.1, -0.05) is 18.2 Å². The molecule has 1 saturated heterocycles. The van der Waals surface area contributed by atoms with E-state index in [4.69, 9.17) is 10.1 Å². The van der Waals surface area contributed by atoms with E-state index in [0.29, 0.717) is 23.1 Å². The molecule has 1 fully saturated rings. The smallest absolute Gasteiger partial charge is 0.413 e. The van der Waals surface area contributed by atoms with Gasteiger partial charge in [0.1, 0.15) is 11.9 Å². The number of nitrogens with one attached hydrogen (secondary N) is 4. The Morgan fingerprint density at radius 1 is 1.34 bits per heavy atom. The maximum Gasteiger partial charge on any atom is 0.413 e. The van der Waals surface area contributed by atoms with Crippen molar-refractivity contribution in [2.45, 2.75) is 32.4 Å². The molecule has 2 aliphatic rings. The fraction of sp³-hybridized carbons (Fsp3) is 0.381. The normalized spacial score (nSPS) is 19.9. The number of para-hydroxylation sites is 1. The summed E-state index contributed by atoms with van der Waals surface area (Å²) in [4.78, 5) is 15.8. The summed E-state index contributed by atoms with van der Waals surface area (Å²) in [6.07, 6.45) is 1.69. The minimum atomic E-state index is -0.517. The maximum atomic E-state index is 11.6. The van der Waals surface area contributed by atoms with Gasteiger partial charge in [0, 0.05) is 41.2 Å². The minimum Gasteiger partial charge on any atom is -0.441 e. The second kappa shape index (κ2) is 9.47. The van der Waals surface area contributed by atoms with Crippen molar-refractivity contribution >= 4 is 23.3 Å². The first-order chi connectivity index (χ1) is 14.0. The molecule has 0 bridgehead atoms. The Kier molecular flexibility index (Phi) is 6.77. The summed E-state index contributed by atoms with van der Waals surface area (Å²) >= 11 is 0. The molecule has 1 amide bonds. The van der Waals surface area contributed by atoms with Crippen LogP contribution in [0.1, 0.15) is 43.1 Å². The summed E-state index contributed by atoms with van der Waals surface area (Å²) in [7, 11) is 0. The van der Waals surface area contributed by atoms with Crippen molar-refractivity contribution in [2.24, 2.45) is 0 Å². The predicted molar refractivity (Wildman–Crippen MR) is 112 cm³/mol. The summed E-state index contributed by atoms with van der Waals surface area (Å²) in [5, 5.41) is 18.3. The van der Waals surface area contributed by atoms with E-state index in [0.717, 1.165) is 36.3 Å². The zero-order chi connectivity index (χ0) is 20.8. The van der Waals surface area contributed by atoms with Crippen molar-refractivity contribution in [3.63, 3.8) is 0 Å². The number of rotatable bonds is 4. The van der Waals surface area contributed by atoms with E-state index in [1.165, 1.54) is 6.92 Å². The lowest BCUT2D eigenvalue weighted by atomic mass is 9.94. The number of pyridine rings is 1. The highest BCUT2D eigenvalue weighted by Gasteiger charge is 2.28. The van der Waals surface area contributed by atoms with Crippen LogP contribution in [-0.4, -0.2) is 42.6 Å². The summed E-state index contributed by atoms with van der Waals surface area (Å²) in [5.74, 6) is 0.460. The number of ether oxygens (including phenoxy) is 1. The number of nitrogens with zero attached hydrogens (tertiary/aromatic N) is 1. The first kappa shape index (κ1) is 20.7. The molecule has 2 atom stereocenters. The molecule has 1 aromatic heterocycles. The Balaban J connectivity index is 0.000000755. The molecular formula is C21H26FN5O2. The van der Waals surface area contributed by atoms with Crippen molar-refractivity contribution < 1.29 is 13.9 Å². The van der Waals surface area contributed by atoms with E-state index in [9.17, 15) is 9.18 Å². The van der Waals surface area contributed by atoms with Crippen LogP contribution in [-0.2, 0) is 4.74 Å². The second-order valence-electron chi connectivity index (χ2n) is 6.82. The number of carbonyl (C=O) groups is 1. The zero-order valence-electron chi connectivity index (χ0n) is 16.6. The summed E-state index contributed by atoms with van der Waals surface area (Å²) in [6, 6.07) is 9.99. The molecule has 7 nitrogen and oxygen atoms in total. The van der Waals surface area contributed by atoms with Crippen LogP contribution < -0.4 is 16.0 Å². The fourth-order valence-electron chi connectivity index (χ4n) is 3.52. The molecular weight excluding hydrogens is 373 g/mol. The third kappa shape index (κ3) is 4.71. The lowest BCUT2D eigenvalue weighted by Crippen LogP contribution is -2.27. The third-order valence-corrected chi connectivity index (χ3v) is 4.79. The largest absolute Gasteiger partial charge is 0.441 e. The van der Waals surface area contributed by atoms with Crippen molar-refractivity contribution in [3.05, 3.63) is 53.2 Å². The molecule has 0 radical (unpaired) electrons. The Morgan fingerprint density at radius 2 is 2.10 bits per heavy atom. The third-order valence-electron chi connectivity index (χ3n) is 4.79. The number of anilines is 2. The number of benzene rings is 1. The monoisotopic (exact) mass is 399 g/mol. The van der Waals surface area contributed by atoms with Gasteiger partial charge >= 0.3 is 6.09 Å². The van der Waals surface area contributed by atoms with E-state index in [2.05, 4.69) is 20.9 Å². The van der Waals surface area contributed by atoms with Gasteiger partial charge in [0.2, 0.25) is 0 Å². The minimum absolute atomic E-state index is 0.250. The van der Waals surface area contributed by atoms with E-state index in [-0.39, 0.29) is 6.67 Å². The number of alkyl halides is 1. The van der Waals surface area contributed by atoms with Gasteiger partial charge in [0.25, 0.3) is 0 Å². The van der Waals surface area contributed by atoms with Gasteiger partial charge in [-0.3, -0.25) is 15.1 Å². The van der Waals surface area contributed by atoms with E-state index in [1.807, 2.05) is 24.3 Å². The SMILES string of the molecule is CC1OC(=O)Nc2nccc(C(=N)c3ccccc3NC3CCNC3)c21.CCF. The topological polar surface area (TPSA) is 99.1 Å². The van der Waals surface area contributed by atoms with Crippen LogP contribution in [0.5, 0.6) is 0 Å². The van der Waals surface area contributed by atoms with Crippen LogP contribution in [0.25, 0.3) is 0 Å². The van der Waals surface area contributed by atoms with E-state index in [1.54, 1.807) is 19.2 Å². The standard InChI is InChI=1S/C19H21N5O2.C2H5F/c1-11-16-14(7-9-22-18(16)24-19(25)26-11)17(20)13-4-2-3-5-15(13)23-12-6-8-21-10-12;1-2-3/h2-5,7,9,11-12,20-21,23H,6,8,10H2,1H3,(H,22,24,25);2H2,1H3. The molecule has 154 valence electrons. The number of amides is 1. The van der Waals surface area contributed by atoms with Crippen molar-refractivity contribution in [1.82, 2.24) is 10.3 Å². The summed E-state index contributed by atoms with van der Waals surface area (Å²) in [5.41, 5.74) is 3.57. The molecule has 2 aromatic rings. The van der Waals surface area contributed by atoms with Crippen molar-refractivity contribution in [2.75, 3.05) is 30.4 Å². The van der Waals surface area contributed by atoms with Gasteiger partial charge in [-0.15, -0.1) is 0 Å². The van der Waals surface area contributed by atoms with Crippen LogP contribution in [0.3, 0.4) is 0 Å². The highest BCUT2D eigenvalue weighted by Crippen LogP contribution is 2.33. The molecule has 8 heteroatoms. The zero-order valence-corrected chi connectivity index (χ0v) is 16.6. The number of halogens is 1. The van der Waals surface area contributed by atoms with Gasteiger partial charge in [-0.25, -0.2) is 9.78 Å². The molecule has 4 N–H and O–H groups in total. The average Bonchev–Trinajstić information content (AvgIpc) is 3.21. The van der Waals surface area contributed by atoms with Crippen LogP contribution >= 0.6 is 0 Å². The molecule has 4 rings (SSSR count). The number of hydrogen-bond acceptors (Lipinski definition) is 6. The number of carbonyl (C=O) groups excluding carboxylic acids is 1.